The maximum absolute atomic E-state index is 10.0. The summed E-state index contributed by atoms with van der Waals surface area (Å²) in [7, 11) is 0. The van der Waals surface area contributed by atoms with Gasteiger partial charge in [-0.15, -0.1) is 0 Å². The zero-order chi connectivity index (χ0) is 15.8. The van der Waals surface area contributed by atoms with E-state index in [1.165, 1.54) is 18.4 Å². The number of hydrogen-bond acceptors (Lipinski definition) is 4. The highest BCUT2D eigenvalue weighted by atomic mass is 16.5. The molecule has 22 heavy (non-hydrogen) atoms. The minimum absolute atomic E-state index is 0.285. The van der Waals surface area contributed by atoms with Crippen LogP contribution in [0.3, 0.4) is 0 Å². The first-order valence-electron chi connectivity index (χ1n) is 8.46. The van der Waals surface area contributed by atoms with E-state index >= 15 is 0 Å². The second-order valence-corrected chi connectivity index (χ2v) is 6.64. The van der Waals surface area contributed by atoms with Crippen LogP contribution >= 0.6 is 0 Å². The molecule has 1 aromatic rings. The van der Waals surface area contributed by atoms with Gasteiger partial charge in [0, 0.05) is 19.6 Å². The van der Waals surface area contributed by atoms with Gasteiger partial charge in [0.15, 0.2) is 0 Å². The normalized spacial score (nSPS) is 17.1. The Morgan fingerprint density at radius 1 is 1.18 bits per heavy atom. The molecule has 1 unspecified atom stereocenters. The molecule has 0 saturated carbocycles. The topological polar surface area (TPSA) is 44.7 Å². The van der Waals surface area contributed by atoms with E-state index in [-0.39, 0.29) is 6.10 Å². The van der Waals surface area contributed by atoms with Crippen LogP contribution in [-0.4, -0.2) is 48.9 Å². The zero-order valence-electron chi connectivity index (χ0n) is 13.9. The van der Waals surface area contributed by atoms with E-state index in [1.807, 2.05) is 12.1 Å². The van der Waals surface area contributed by atoms with Gasteiger partial charge in [0.2, 0.25) is 0 Å². The number of nitrogens with one attached hydrogen (secondary N) is 1. The maximum Gasteiger partial charge on any atom is 0.119 e. The van der Waals surface area contributed by atoms with Crippen molar-refractivity contribution in [3.05, 3.63) is 29.8 Å². The molecule has 0 bridgehead atoms. The third-order valence-electron chi connectivity index (χ3n) is 3.88. The van der Waals surface area contributed by atoms with Crippen LogP contribution in [0.25, 0.3) is 0 Å². The van der Waals surface area contributed by atoms with Gasteiger partial charge in [-0.25, -0.2) is 0 Å². The smallest absolute Gasteiger partial charge is 0.119 e. The minimum atomic E-state index is -0.285. The average Bonchev–Trinajstić information content (AvgIpc) is 2.99. The van der Waals surface area contributed by atoms with Crippen molar-refractivity contribution in [3.8, 4) is 5.75 Å². The lowest BCUT2D eigenvalue weighted by Gasteiger charge is -2.19. The Morgan fingerprint density at radius 3 is 2.50 bits per heavy atom. The van der Waals surface area contributed by atoms with Crippen LogP contribution in [0.1, 0.15) is 32.3 Å². The third-order valence-corrected chi connectivity index (χ3v) is 3.88. The first-order chi connectivity index (χ1) is 10.6. The quantitative estimate of drug-likeness (QED) is 0.734. The van der Waals surface area contributed by atoms with Gasteiger partial charge in [-0.3, -0.25) is 0 Å². The highest BCUT2D eigenvalue weighted by molar-refractivity contribution is 5.27. The molecule has 0 aliphatic carbocycles. The number of benzene rings is 1. The molecule has 1 heterocycles. The van der Waals surface area contributed by atoms with E-state index in [1.54, 1.807) is 0 Å². The van der Waals surface area contributed by atoms with Gasteiger partial charge in [0.05, 0.1) is 12.7 Å². The van der Waals surface area contributed by atoms with E-state index in [9.17, 15) is 5.11 Å². The van der Waals surface area contributed by atoms with Gasteiger partial charge in [0.1, 0.15) is 5.75 Å². The average molecular weight is 306 g/mol. The van der Waals surface area contributed by atoms with Gasteiger partial charge in [-0.1, -0.05) is 26.0 Å². The van der Waals surface area contributed by atoms with E-state index in [2.05, 4.69) is 36.2 Å². The summed E-state index contributed by atoms with van der Waals surface area (Å²) in [5, 5.41) is 13.4. The molecule has 4 nitrogen and oxygen atoms in total. The Morgan fingerprint density at radius 2 is 1.86 bits per heavy atom. The van der Waals surface area contributed by atoms with E-state index in [4.69, 9.17) is 4.74 Å². The van der Waals surface area contributed by atoms with Crippen LogP contribution in [0.5, 0.6) is 5.75 Å². The van der Waals surface area contributed by atoms with Crippen molar-refractivity contribution in [2.24, 2.45) is 5.92 Å². The van der Waals surface area contributed by atoms with Crippen LogP contribution in [-0.2, 0) is 6.54 Å². The van der Waals surface area contributed by atoms with Crippen LogP contribution in [0, 0.1) is 5.92 Å². The molecule has 2 rings (SSSR count). The van der Waals surface area contributed by atoms with Crippen molar-refractivity contribution in [2.75, 3.05) is 32.8 Å². The van der Waals surface area contributed by atoms with Crippen molar-refractivity contribution in [3.63, 3.8) is 0 Å². The summed E-state index contributed by atoms with van der Waals surface area (Å²) in [4.78, 5) is 2.34. The molecule has 1 aliphatic rings. The van der Waals surface area contributed by atoms with Crippen molar-refractivity contribution < 1.29 is 9.84 Å². The van der Waals surface area contributed by atoms with E-state index in [0.29, 0.717) is 12.5 Å². The molecule has 1 aliphatic heterocycles. The van der Waals surface area contributed by atoms with Crippen molar-refractivity contribution >= 4 is 0 Å². The van der Waals surface area contributed by atoms with Gasteiger partial charge in [-0.05, 0) is 49.5 Å². The van der Waals surface area contributed by atoms with Crippen molar-refractivity contribution in [1.82, 2.24) is 10.2 Å². The van der Waals surface area contributed by atoms with Gasteiger partial charge in [0.25, 0.3) is 0 Å². The van der Waals surface area contributed by atoms with Crippen LogP contribution in [0.15, 0.2) is 24.3 Å². The molecule has 0 aromatic heterocycles. The predicted molar refractivity (Wildman–Crippen MR) is 90.2 cm³/mol. The summed E-state index contributed by atoms with van der Waals surface area (Å²) < 4.78 is 5.67. The molecule has 1 fully saturated rings. The first-order valence-corrected chi connectivity index (χ1v) is 8.46. The highest BCUT2D eigenvalue weighted by Crippen LogP contribution is 2.13. The number of rotatable bonds is 9. The molecule has 0 spiro atoms. The van der Waals surface area contributed by atoms with Crippen molar-refractivity contribution in [2.45, 2.75) is 39.3 Å². The van der Waals surface area contributed by atoms with Crippen LogP contribution in [0.2, 0.25) is 0 Å². The first kappa shape index (κ1) is 17.3. The number of aliphatic hydroxyl groups is 1. The lowest BCUT2D eigenvalue weighted by molar-refractivity contribution is 0.123. The molecule has 4 heteroatoms. The Bertz CT molecular complexity index is 414. The zero-order valence-corrected chi connectivity index (χ0v) is 13.9. The Kier molecular flexibility index (Phi) is 7.16. The summed E-state index contributed by atoms with van der Waals surface area (Å²) in [5.41, 5.74) is 1.21. The fraction of sp³-hybridized carbons (Fsp3) is 0.667. The van der Waals surface area contributed by atoms with E-state index in [0.717, 1.165) is 38.5 Å². The van der Waals surface area contributed by atoms with Gasteiger partial charge >= 0.3 is 0 Å². The van der Waals surface area contributed by atoms with Gasteiger partial charge in [-0.2, -0.15) is 0 Å². The predicted octanol–water partition coefficient (Wildman–Crippen LogP) is 2.27. The summed E-state index contributed by atoms with van der Waals surface area (Å²) in [6, 6.07) is 8.19. The number of likely N-dealkylation sites (tertiary alicyclic amines) is 1. The number of β-amino-alcohol motifs (C(OH)–C–C–N with tert-alkyl or cyclic N) is 1. The van der Waals surface area contributed by atoms with Crippen LogP contribution < -0.4 is 10.1 Å². The Balaban J connectivity index is 1.63. The van der Waals surface area contributed by atoms with Gasteiger partial charge < -0.3 is 20.1 Å². The molecule has 1 saturated heterocycles. The number of hydrogen-bond donors (Lipinski definition) is 2. The SMILES string of the molecule is CC(C)COc1ccc(CNCC(O)CN2CCCC2)cc1. The monoisotopic (exact) mass is 306 g/mol. The van der Waals surface area contributed by atoms with E-state index < -0.39 is 0 Å². The molecule has 2 N–H and O–H groups in total. The molecule has 124 valence electrons. The third kappa shape index (κ3) is 6.34. The minimum Gasteiger partial charge on any atom is -0.493 e. The molecule has 1 atom stereocenters. The summed E-state index contributed by atoms with van der Waals surface area (Å²) in [6.45, 7) is 9.51. The van der Waals surface area contributed by atoms with Crippen molar-refractivity contribution in [1.29, 1.82) is 0 Å². The fourth-order valence-corrected chi connectivity index (χ4v) is 2.68. The standard InChI is InChI=1S/C18H30N2O2/c1-15(2)14-22-18-7-5-16(6-8-18)11-19-12-17(21)13-20-9-3-4-10-20/h5-8,15,17,19,21H,3-4,9-14H2,1-2H3. The fourth-order valence-electron chi connectivity index (χ4n) is 2.68. The second-order valence-electron chi connectivity index (χ2n) is 6.64. The number of nitrogens with zero attached hydrogens (tertiary/aromatic N) is 1. The highest BCUT2D eigenvalue weighted by Gasteiger charge is 2.15. The van der Waals surface area contributed by atoms with Crippen LogP contribution in [0.4, 0.5) is 0 Å². The number of ether oxygens (including phenoxy) is 1. The Hall–Kier alpha value is -1.10. The molecule has 0 amide bonds. The summed E-state index contributed by atoms with van der Waals surface area (Å²) in [5.74, 6) is 1.46. The molecular weight excluding hydrogens is 276 g/mol. The second kappa shape index (κ2) is 9.13. The molecular formula is C18H30N2O2. The lowest BCUT2D eigenvalue weighted by Crippen LogP contribution is -2.36. The summed E-state index contributed by atoms with van der Waals surface area (Å²) >= 11 is 0. The summed E-state index contributed by atoms with van der Waals surface area (Å²) in [6.07, 6.45) is 2.25. The molecule has 1 aromatic carbocycles. The maximum atomic E-state index is 10.0. The number of aliphatic hydroxyl groups excluding tert-OH is 1. The lowest BCUT2D eigenvalue weighted by atomic mass is 10.2. The molecule has 0 radical (unpaired) electrons. The largest absolute Gasteiger partial charge is 0.493 e. The Labute approximate surface area is 134 Å².